The standard InChI is InChI=1S/C6H6N4O4/c11-8-7-9(12)5-1-3-6(4-2-5)10(13)14/h1-4,12H,(H,7,11). The van der Waals surface area contributed by atoms with Crippen LogP contribution in [0.1, 0.15) is 0 Å². The number of rotatable bonds is 4. The first-order chi connectivity index (χ1) is 6.65. The third-order valence-corrected chi connectivity index (χ3v) is 1.44. The van der Waals surface area contributed by atoms with E-state index in [0.29, 0.717) is 5.17 Å². The molecule has 0 saturated carbocycles. The molecule has 1 rings (SSSR count). The van der Waals surface area contributed by atoms with Crippen molar-refractivity contribution in [1.29, 1.82) is 0 Å². The van der Waals surface area contributed by atoms with E-state index in [1.165, 1.54) is 24.3 Å². The molecule has 1 aromatic rings. The van der Waals surface area contributed by atoms with Gasteiger partial charge in [-0.3, -0.25) is 15.3 Å². The van der Waals surface area contributed by atoms with Crippen molar-refractivity contribution in [2.24, 2.45) is 5.29 Å². The third kappa shape index (κ3) is 2.14. The molecule has 0 spiro atoms. The van der Waals surface area contributed by atoms with Gasteiger partial charge in [0.1, 0.15) is 0 Å². The summed E-state index contributed by atoms with van der Waals surface area (Å²) in [5, 5.41) is 21.8. The van der Waals surface area contributed by atoms with Gasteiger partial charge in [0.2, 0.25) is 0 Å². The summed E-state index contributed by atoms with van der Waals surface area (Å²) in [6.45, 7) is 0. The number of hydrogen-bond donors (Lipinski definition) is 2. The zero-order valence-corrected chi connectivity index (χ0v) is 6.82. The highest BCUT2D eigenvalue weighted by molar-refractivity contribution is 5.47. The van der Waals surface area contributed by atoms with Crippen LogP contribution in [0, 0.1) is 15.0 Å². The van der Waals surface area contributed by atoms with Crippen molar-refractivity contribution in [1.82, 2.24) is 5.53 Å². The van der Waals surface area contributed by atoms with Crippen molar-refractivity contribution in [3.05, 3.63) is 39.3 Å². The number of non-ortho nitro benzene ring substituents is 1. The van der Waals surface area contributed by atoms with Gasteiger partial charge in [0.25, 0.3) is 5.69 Å². The Morgan fingerprint density at radius 2 is 2.00 bits per heavy atom. The summed E-state index contributed by atoms with van der Waals surface area (Å²) in [6, 6.07) is 4.89. The first kappa shape index (κ1) is 9.86. The minimum atomic E-state index is -0.573. The average Bonchev–Trinajstić information content (AvgIpc) is 2.18. The molecule has 0 aliphatic carbocycles. The first-order valence-electron chi connectivity index (χ1n) is 3.46. The van der Waals surface area contributed by atoms with E-state index in [1.807, 2.05) is 0 Å². The van der Waals surface area contributed by atoms with Crippen molar-refractivity contribution in [2.45, 2.75) is 0 Å². The summed E-state index contributed by atoms with van der Waals surface area (Å²) in [7, 11) is 0. The molecule has 0 radical (unpaired) electrons. The molecule has 0 aliphatic rings. The molecule has 0 bridgehead atoms. The normalized spacial score (nSPS) is 9.21. The van der Waals surface area contributed by atoms with E-state index in [2.05, 4.69) is 5.29 Å². The second-order valence-electron chi connectivity index (χ2n) is 2.28. The average molecular weight is 198 g/mol. The number of nitro benzene ring substituents is 1. The fourth-order valence-corrected chi connectivity index (χ4v) is 0.812. The SMILES string of the molecule is O=NNN(O)c1ccc([N+](=O)[O-])cc1. The van der Waals surface area contributed by atoms with Crippen LogP contribution in [0.2, 0.25) is 0 Å². The molecule has 0 aliphatic heterocycles. The summed E-state index contributed by atoms with van der Waals surface area (Å²) in [5.74, 6) is 0. The van der Waals surface area contributed by atoms with Crippen LogP contribution in [0.4, 0.5) is 11.4 Å². The Hall–Kier alpha value is -2.22. The van der Waals surface area contributed by atoms with Crippen molar-refractivity contribution in [3.8, 4) is 0 Å². The van der Waals surface area contributed by atoms with Crippen LogP contribution in [0.25, 0.3) is 0 Å². The molecule has 14 heavy (non-hydrogen) atoms. The minimum absolute atomic E-state index is 0.110. The smallest absolute Gasteiger partial charge is 0.268 e. The van der Waals surface area contributed by atoms with Crippen LogP contribution in [-0.4, -0.2) is 10.1 Å². The molecule has 74 valence electrons. The van der Waals surface area contributed by atoms with E-state index in [9.17, 15) is 15.0 Å². The molecule has 0 saturated heterocycles. The van der Waals surface area contributed by atoms with Crippen molar-refractivity contribution < 1.29 is 10.1 Å². The summed E-state index contributed by atoms with van der Waals surface area (Å²) in [5.41, 5.74) is 1.75. The summed E-state index contributed by atoms with van der Waals surface area (Å²) < 4.78 is 0. The van der Waals surface area contributed by atoms with E-state index >= 15 is 0 Å². The van der Waals surface area contributed by atoms with Crippen LogP contribution in [0.5, 0.6) is 0 Å². The highest BCUT2D eigenvalue weighted by Crippen LogP contribution is 2.16. The Kier molecular flexibility index (Phi) is 2.92. The maximum atomic E-state index is 10.3. The summed E-state index contributed by atoms with van der Waals surface area (Å²) in [6.07, 6.45) is 0. The number of hydrazine groups is 1. The molecular formula is C6H6N4O4. The molecule has 8 nitrogen and oxygen atoms in total. The van der Waals surface area contributed by atoms with Crippen LogP contribution >= 0.6 is 0 Å². The number of nitroso groups, excluding NO2 is 1. The fraction of sp³-hybridized carbons (Fsp3) is 0. The van der Waals surface area contributed by atoms with Gasteiger partial charge in [0.15, 0.2) is 0 Å². The fourth-order valence-electron chi connectivity index (χ4n) is 0.812. The molecule has 8 heteroatoms. The van der Waals surface area contributed by atoms with Gasteiger partial charge >= 0.3 is 0 Å². The van der Waals surface area contributed by atoms with Crippen LogP contribution in [0.15, 0.2) is 29.6 Å². The van der Waals surface area contributed by atoms with Crippen LogP contribution in [0.3, 0.4) is 0 Å². The van der Waals surface area contributed by atoms with Gasteiger partial charge in [-0.05, 0) is 12.1 Å². The number of nitro groups is 1. The zero-order chi connectivity index (χ0) is 10.6. The Morgan fingerprint density at radius 3 is 2.43 bits per heavy atom. The number of nitrogens with one attached hydrogen (secondary N) is 1. The molecule has 0 unspecified atom stereocenters. The van der Waals surface area contributed by atoms with Crippen LogP contribution in [-0.2, 0) is 0 Å². The lowest BCUT2D eigenvalue weighted by atomic mass is 10.3. The first-order valence-corrected chi connectivity index (χ1v) is 3.46. The quantitative estimate of drug-likeness (QED) is 0.424. The second kappa shape index (κ2) is 4.14. The Labute approximate surface area is 77.8 Å². The van der Waals surface area contributed by atoms with E-state index < -0.39 is 4.92 Å². The predicted octanol–water partition coefficient (Wildman–Crippen LogP) is 0.976. The van der Waals surface area contributed by atoms with E-state index in [1.54, 1.807) is 5.53 Å². The van der Waals surface area contributed by atoms with Gasteiger partial charge in [-0.25, -0.2) is 0 Å². The minimum Gasteiger partial charge on any atom is -0.268 e. The van der Waals surface area contributed by atoms with Crippen molar-refractivity contribution >= 4 is 11.4 Å². The van der Waals surface area contributed by atoms with Crippen molar-refractivity contribution in [3.63, 3.8) is 0 Å². The Bertz CT molecular complexity index is 338. The van der Waals surface area contributed by atoms with Gasteiger partial charge < -0.3 is 0 Å². The van der Waals surface area contributed by atoms with Gasteiger partial charge in [0, 0.05) is 12.1 Å². The molecular weight excluding hydrogens is 192 g/mol. The number of hydrogen-bond acceptors (Lipinski definition) is 6. The lowest BCUT2D eigenvalue weighted by Gasteiger charge is -2.11. The Morgan fingerprint density at radius 1 is 1.43 bits per heavy atom. The molecule has 0 atom stereocenters. The van der Waals surface area contributed by atoms with Crippen LogP contribution < -0.4 is 10.7 Å². The van der Waals surface area contributed by atoms with E-state index in [4.69, 9.17) is 5.21 Å². The van der Waals surface area contributed by atoms with Gasteiger partial charge in [-0.15, -0.1) is 10.1 Å². The maximum absolute atomic E-state index is 10.3. The lowest BCUT2D eigenvalue weighted by Crippen LogP contribution is -2.29. The monoisotopic (exact) mass is 198 g/mol. The van der Waals surface area contributed by atoms with Gasteiger partial charge in [-0.2, -0.15) is 5.53 Å². The zero-order valence-electron chi connectivity index (χ0n) is 6.82. The second-order valence-corrected chi connectivity index (χ2v) is 2.28. The molecule has 2 N–H and O–H groups in total. The summed E-state index contributed by atoms with van der Waals surface area (Å²) in [4.78, 5) is 19.4. The molecule has 0 fully saturated rings. The molecule has 1 aromatic carbocycles. The van der Waals surface area contributed by atoms with E-state index in [0.717, 1.165) is 0 Å². The predicted molar refractivity (Wildman–Crippen MR) is 46.3 cm³/mol. The molecule has 0 aromatic heterocycles. The number of anilines is 1. The van der Waals surface area contributed by atoms with Gasteiger partial charge in [0.05, 0.1) is 15.9 Å². The number of nitrogens with zero attached hydrogens (tertiary/aromatic N) is 3. The molecule has 0 heterocycles. The topological polar surface area (TPSA) is 108 Å². The lowest BCUT2D eigenvalue weighted by molar-refractivity contribution is -0.384. The highest BCUT2D eigenvalue weighted by atomic mass is 16.6. The maximum Gasteiger partial charge on any atom is 0.269 e. The number of benzene rings is 1. The highest BCUT2D eigenvalue weighted by Gasteiger charge is 2.06. The van der Waals surface area contributed by atoms with Gasteiger partial charge in [-0.1, -0.05) is 0 Å². The largest absolute Gasteiger partial charge is 0.269 e. The van der Waals surface area contributed by atoms with Crippen molar-refractivity contribution in [2.75, 3.05) is 5.17 Å². The molecule has 0 amide bonds. The Balaban J connectivity index is 2.82. The van der Waals surface area contributed by atoms with E-state index in [-0.39, 0.29) is 11.4 Å². The third-order valence-electron chi connectivity index (χ3n) is 1.44. The summed E-state index contributed by atoms with van der Waals surface area (Å²) >= 11 is 0.